The van der Waals surface area contributed by atoms with Crippen molar-refractivity contribution in [2.24, 2.45) is 0 Å². The highest BCUT2D eigenvalue weighted by Gasteiger charge is 2.42. The van der Waals surface area contributed by atoms with Gasteiger partial charge in [0.15, 0.2) is 11.5 Å². The molecule has 2 aliphatic rings. The van der Waals surface area contributed by atoms with Gasteiger partial charge in [-0.05, 0) is 77.8 Å². The molecule has 2 aromatic rings. The Balaban J connectivity index is 1.70. The molecule has 1 fully saturated rings. The van der Waals surface area contributed by atoms with Crippen LogP contribution in [0.25, 0.3) is 0 Å². The van der Waals surface area contributed by atoms with E-state index in [1.165, 1.54) is 19.3 Å². The van der Waals surface area contributed by atoms with Crippen molar-refractivity contribution in [2.45, 2.75) is 50.0 Å². The SMILES string of the molecule is COc1cccc(CCN(C(=O)C2CCCO2)C2CC(C(=O)NCCO)=CC(Oc3c(I)cc(C=O)cc3OC)C2O)c1. The van der Waals surface area contributed by atoms with Crippen LogP contribution in [-0.2, 0) is 20.7 Å². The maximum Gasteiger partial charge on any atom is 0.252 e. The summed E-state index contributed by atoms with van der Waals surface area (Å²) in [5.74, 6) is 0.569. The zero-order valence-electron chi connectivity index (χ0n) is 24.2. The van der Waals surface area contributed by atoms with Crippen molar-refractivity contribution in [3.8, 4) is 17.2 Å². The molecule has 1 aliphatic carbocycles. The van der Waals surface area contributed by atoms with E-state index >= 15 is 0 Å². The summed E-state index contributed by atoms with van der Waals surface area (Å²) in [4.78, 5) is 40.0. The maximum absolute atomic E-state index is 13.9. The molecule has 11 nitrogen and oxygen atoms in total. The highest BCUT2D eigenvalue weighted by atomic mass is 127. The molecule has 232 valence electrons. The van der Waals surface area contributed by atoms with Crippen molar-refractivity contribution in [3.63, 3.8) is 0 Å². The molecule has 1 aliphatic heterocycles. The van der Waals surface area contributed by atoms with Crippen molar-refractivity contribution in [2.75, 3.05) is 40.5 Å². The Morgan fingerprint density at radius 2 is 2.02 bits per heavy atom. The fourth-order valence-corrected chi connectivity index (χ4v) is 6.06. The first-order valence-electron chi connectivity index (χ1n) is 14.1. The molecule has 4 atom stereocenters. The van der Waals surface area contributed by atoms with Gasteiger partial charge in [0.1, 0.15) is 30.3 Å². The molecule has 43 heavy (non-hydrogen) atoms. The van der Waals surface area contributed by atoms with E-state index in [9.17, 15) is 24.6 Å². The van der Waals surface area contributed by atoms with E-state index in [-0.39, 0.29) is 43.5 Å². The van der Waals surface area contributed by atoms with Crippen LogP contribution in [0.2, 0.25) is 0 Å². The van der Waals surface area contributed by atoms with Crippen molar-refractivity contribution in [3.05, 3.63) is 62.7 Å². The summed E-state index contributed by atoms with van der Waals surface area (Å²) in [7, 11) is 3.03. The summed E-state index contributed by atoms with van der Waals surface area (Å²) in [6, 6.07) is 9.86. The molecule has 1 heterocycles. The number of rotatable bonds is 13. The van der Waals surface area contributed by atoms with Crippen LogP contribution in [0.4, 0.5) is 0 Å². The largest absolute Gasteiger partial charge is 0.497 e. The summed E-state index contributed by atoms with van der Waals surface area (Å²) >= 11 is 2.01. The molecule has 12 heteroatoms. The summed E-state index contributed by atoms with van der Waals surface area (Å²) in [6.45, 7) is 0.527. The lowest BCUT2D eigenvalue weighted by molar-refractivity contribution is -0.148. The van der Waals surface area contributed by atoms with Crippen molar-refractivity contribution >= 4 is 40.7 Å². The van der Waals surface area contributed by atoms with Crippen LogP contribution in [0.15, 0.2) is 48.0 Å². The fourth-order valence-electron chi connectivity index (χ4n) is 5.31. The average Bonchev–Trinajstić information content (AvgIpc) is 3.57. The Labute approximate surface area is 264 Å². The van der Waals surface area contributed by atoms with E-state index < -0.39 is 30.3 Å². The standard InChI is InChI=1S/C31H37IN2O9/c1-40-22-6-3-5-19(13-22)8-10-34(31(39)25-7-4-12-42-25)24-16-21(30(38)33-9-11-35)17-26(28(24)37)43-29-23(32)14-20(18-36)15-27(29)41-2/h3,5-6,13-15,17-18,24-26,28,35,37H,4,7-12,16H2,1-2H3,(H,33,38). The normalized spacial score (nSPS) is 21.5. The number of aliphatic hydroxyl groups excluding tert-OH is 2. The lowest BCUT2D eigenvalue weighted by Gasteiger charge is -2.41. The molecule has 3 N–H and O–H groups in total. The van der Waals surface area contributed by atoms with Gasteiger partial charge < -0.3 is 39.4 Å². The zero-order valence-corrected chi connectivity index (χ0v) is 26.3. The molecule has 1 saturated heterocycles. The first-order chi connectivity index (χ1) is 20.8. The number of hydrogen-bond donors (Lipinski definition) is 3. The number of aliphatic hydroxyl groups is 2. The number of methoxy groups -OCH3 is 2. The third-order valence-corrected chi connectivity index (χ3v) is 8.32. The Morgan fingerprint density at radius 3 is 2.70 bits per heavy atom. The second-order valence-corrected chi connectivity index (χ2v) is 11.5. The van der Waals surface area contributed by atoms with Gasteiger partial charge in [0.2, 0.25) is 5.91 Å². The molecule has 0 spiro atoms. The smallest absolute Gasteiger partial charge is 0.252 e. The summed E-state index contributed by atoms with van der Waals surface area (Å²) in [6.07, 6.45) is 1.16. The van der Waals surface area contributed by atoms with Crippen LogP contribution in [0, 0.1) is 3.57 Å². The highest BCUT2D eigenvalue weighted by molar-refractivity contribution is 14.1. The third kappa shape index (κ3) is 8.05. The molecule has 0 saturated carbocycles. The molecular weight excluding hydrogens is 671 g/mol. The number of halogens is 1. The van der Waals surface area contributed by atoms with Gasteiger partial charge in [-0.2, -0.15) is 0 Å². The maximum atomic E-state index is 13.9. The molecule has 0 bridgehead atoms. The van der Waals surface area contributed by atoms with Crippen LogP contribution in [-0.4, -0.2) is 98.1 Å². The summed E-state index contributed by atoms with van der Waals surface area (Å²) in [5.41, 5.74) is 1.63. The minimum Gasteiger partial charge on any atom is -0.497 e. The van der Waals surface area contributed by atoms with Crippen LogP contribution < -0.4 is 19.5 Å². The van der Waals surface area contributed by atoms with Gasteiger partial charge in [-0.15, -0.1) is 0 Å². The summed E-state index contributed by atoms with van der Waals surface area (Å²) in [5, 5.41) is 23.7. The highest BCUT2D eigenvalue weighted by Crippen LogP contribution is 2.37. The van der Waals surface area contributed by atoms with Crippen molar-refractivity contribution in [1.29, 1.82) is 0 Å². The van der Waals surface area contributed by atoms with Gasteiger partial charge in [0.05, 0.1) is 30.4 Å². The van der Waals surface area contributed by atoms with Crippen molar-refractivity contribution in [1.82, 2.24) is 10.2 Å². The average molecular weight is 709 g/mol. The van der Waals surface area contributed by atoms with Crippen LogP contribution in [0.1, 0.15) is 35.2 Å². The van der Waals surface area contributed by atoms with Gasteiger partial charge in [0.25, 0.3) is 5.91 Å². The van der Waals surface area contributed by atoms with Gasteiger partial charge in [-0.3, -0.25) is 14.4 Å². The molecule has 2 aromatic carbocycles. The lowest BCUT2D eigenvalue weighted by atomic mass is 9.87. The number of ether oxygens (including phenoxy) is 4. The van der Waals surface area contributed by atoms with Crippen LogP contribution >= 0.6 is 22.6 Å². The first kappa shape index (κ1) is 32.7. The Bertz CT molecular complexity index is 1330. The minimum absolute atomic E-state index is 0.0438. The van der Waals surface area contributed by atoms with Gasteiger partial charge >= 0.3 is 0 Å². The molecule has 0 radical (unpaired) electrons. The van der Waals surface area contributed by atoms with E-state index in [0.717, 1.165) is 12.0 Å². The molecule has 0 aromatic heterocycles. The van der Waals surface area contributed by atoms with E-state index in [4.69, 9.17) is 18.9 Å². The van der Waals surface area contributed by atoms with E-state index in [1.807, 2.05) is 46.9 Å². The zero-order chi connectivity index (χ0) is 30.9. The van der Waals surface area contributed by atoms with Gasteiger partial charge in [-0.25, -0.2) is 0 Å². The van der Waals surface area contributed by atoms with E-state index in [2.05, 4.69) is 5.32 Å². The number of benzene rings is 2. The number of aldehydes is 1. The van der Waals surface area contributed by atoms with E-state index in [1.54, 1.807) is 18.1 Å². The fraction of sp³-hybridized carbons (Fsp3) is 0.452. The van der Waals surface area contributed by atoms with Crippen molar-refractivity contribution < 1.29 is 43.5 Å². The van der Waals surface area contributed by atoms with Gasteiger partial charge in [-0.1, -0.05) is 12.1 Å². The number of carbonyl (C=O) groups is 3. The minimum atomic E-state index is -1.23. The Kier molecular flexibility index (Phi) is 11.8. The number of nitrogens with one attached hydrogen (secondary N) is 1. The summed E-state index contributed by atoms with van der Waals surface area (Å²) < 4.78 is 23.4. The van der Waals surface area contributed by atoms with Gasteiger partial charge in [0, 0.05) is 37.3 Å². The topological polar surface area (TPSA) is 144 Å². The molecule has 4 unspecified atom stereocenters. The number of carbonyl (C=O) groups excluding carboxylic acids is 3. The second-order valence-electron chi connectivity index (χ2n) is 10.3. The molecule has 2 amide bonds. The number of nitrogens with zero attached hydrogens (tertiary/aromatic N) is 1. The monoisotopic (exact) mass is 708 g/mol. The quantitative estimate of drug-likeness (QED) is 0.211. The lowest BCUT2D eigenvalue weighted by Crippen LogP contribution is -2.57. The number of amides is 2. The van der Waals surface area contributed by atoms with Crippen LogP contribution in [0.5, 0.6) is 17.2 Å². The molecular formula is C31H37IN2O9. The third-order valence-electron chi connectivity index (χ3n) is 7.52. The molecule has 4 rings (SSSR count). The Hall–Kier alpha value is -3.20. The Morgan fingerprint density at radius 1 is 1.21 bits per heavy atom. The van der Waals surface area contributed by atoms with Crippen LogP contribution in [0.3, 0.4) is 0 Å². The number of hydrogen-bond acceptors (Lipinski definition) is 9. The first-order valence-corrected chi connectivity index (χ1v) is 15.2. The predicted octanol–water partition coefficient (Wildman–Crippen LogP) is 2.29. The van der Waals surface area contributed by atoms with E-state index in [0.29, 0.717) is 46.2 Å². The predicted molar refractivity (Wildman–Crippen MR) is 165 cm³/mol. The second kappa shape index (κ2) is 15.5.